The molecule has 0 radical (unpaired) electrons. The number of aryl methyl sites for hydroxylation is 1. The number of anilines is 1. The van der Waals surface area contributed by atoms with Crippen LogP contribution >= 0.6 is 34.7 Å². The molecule has 0 aliphatic heterocycles. The average molecular weight is 398 g/mol. The van der Waals surface area contributed by atoms with Crippen LogP contribution in [0.1, 0.15) is 24.4 Å². The van der Waals surface area contributed by atoms with Gasteiger partial charge >= 0.3 is 0 Å². The summed E-state index contributed by atoms with van der Waals surface area (Å²) in [6.45, 7) is 5.80. The van der Waals surface area contributed by atoms with E-state index in [9.17, 15) is 9.59 Å². The third-order valence-corrected chi connectivity index (χ3v) is 6.56. The summed E-state index contributed by atoms with van der Waals surface area (Å²) < 4.78 is 0.752. The molecule has 0 saturated carbocycles. The Morgan fingerprint density at radius 3 is 2.64 bits per heavy atom. The van der Waals surface area contributed by atoms with E-state index >= 15 is 0 Å². The maximum atomic E-state index is 12.7. The summed E-state index contributed by atoms with van der Waals surface area (Å²) in [5, 5.41) is 3.04. The zero-order valence-corrected chi connectivity index (χ0v) is 16.6. The van der Waals surface area contributed by atoms with Crippen LogP contribution in [0.5, 0.6) is 0 Å². The summed E-state index contributed by atoms with van der Waals surface area (Å²) in [6.07, 6.45) is 0.169. The van der Waals surface area contributed by atoms with Gasteiger partial charge in [0.1, 0.15) is 0 Å². The van der Waals surface area contributed by atoms with Crippen molar-refractivity contribution in [1.82, 2.24) is 4.98 Å². The minimum absolute atomic E-state index is 0.0938. The number of carbonyl (C=O) groups is 2. The van der Waals surface area contributed by atoms with Gasteiger partial charge in [-0.3, -0.25) is 9.59 Å². The molecule has 0 aliphatic carbocycles. The topological polar surface area (TPSA) is 85.1 Å². The van der Waals surface area contributed by atoms with E-state index in [1.54, 1.807) is 12.1 Å². The second-order valence-corrected chi connectivity index (χ2v) is 8.76. The first-order valence-electron chi connectivity index (χ1n) is 7.74. The fraction of sp³-hybridized carbons (Fsp3) is 0.353. The number of nitrogens with one attached hydrogen (secondary N) is 1. The second-order valence-electron chi connectivity index (χ2n) is 5.88. The molecule has 2 amide bonds. The number of para-hydroxylation sites is 1. The third-order valence-electron chi connectivity index (χ3n) is 3.43. The maximum Gasteiger partial charge on any atom is 0.238 e. The van der Waals surface area contributed by atoms with Gasteiger partial charge < -0.3 is 11.1 Å². The quantitative estimate of drug-likeness (QED) is 0.694. The minimum atomic E-state index is -0.389. The lowest BCUT2D eigenvalue weighted by molar-refractivity contribution is -0.117. The Hall–Kier alpha value is -1.57. The number of hydrogen-bond acceptors (Lipinski definition) is 5. The van der Waals surface area contributed by atoms with Crippen molar-refractivity contribution in [2.24, 2.45) is 11.7 Å². The van der Waals surface area contributed by atoms with Gasteiger partial charge in [-0.2, -0.15) is 0 Å². The van der Waals surface area contributed by atoms with Gasteiger partial charge in [-0.25, -0.2) is 4.98 Å². The van der Waals surface area contributed by atoms with Crippen LogP contribution in [0.2, 0.25) is 5.02 Å². The van der Waals surface area contributed by atoms with Crippen molar-refractivity contribution in [1.29, 1.82) is 0 Å². The van der Waals surface area contributed by atoms with E-state index in [4.69, 9.17) is 17.3 Å². The highest BCUT2D eigenvalue weighted by atomic mass is 35.5. The molecule has 1 atom stereocenters. The first-order valence-corrected chi connectivity index (χ1v) is 9.82. The summed E-state index contributed by atoms with van der Waals surface area (Å²) in [5.74, 6) is -0.422. The van der Waals surface area contributed by atoms with Crippen molar-refractivity contribution < 1.29 is 9.59 Å². The molecule has 3 N–H and O–H groups in total. The Kier molecular flexibility index (Phi) is 6.87. The lowest BCUT2D eigenvalue weighted by Gasteiger charge is -2.19. The van der Waals surface area contributed by atoms with Crippen molar-refractivity contribution >= 4 is 52.2 Å². The van der Waals surface area contributed by atoms with Gasteiger partial charge in [0.15, 0.2) is 4.34 Å². The van der Waals surface area contributed by atoms with E-state index in [2.05, 4.69) is 10.3 Å². The number of carbonyl (C=O) groups excluding carboxylic acids is 2. The smallest absolute Gasteiger partial charge is 0.238 e. The Morgan fingerprint density at radius 2 is 2.04 bits per heavy atom. The number of nitrogens with zero attached hydrogens (tertiary/aromatic N) is 1. The summed E-state index contributed by atoms with van der Waals surface area (Å²) in [5.41, 5.74) is 6.62. The molecule has 1 heterocycles. The van der Waals surface area contributed by atoms with Gasteiger partial charge in [0.2, 0.25) is 11.8 Å². The number of halogens is 1. The molecule has 1 aromatic carbocycles. The normalized spacial score (nSPS) is 12.2. The molecule has 0 unspecified atom stereocenters. The maximum absolute atomic E-state index is 12.7. The summed E-state index contributed by atoms with van der Waals surface area (Å²) in [4.78, 5) is 29.1. The van der Waals surface area contributed by atoms with Crippen LogP contribution in [0.4, 0.5) is 5.69 Å². The van der Waals surface area contributed by atoms with Crippen molar-refractivity contribution in [2.45, 2.75) is 36.8 Å². The number of nitrogens with two attached hydrogens (primary N) is 1. The van der Waals surface area contributed by atoms with Crippen LogP contribution in [-0.4, -0.2) is 22.0 Å². The number of primary amides is 1. The second kappa shape index (κ2) is 8.69. The number of rotatable bonds is 7. The van der Waals surface area contributed by atoms with Crippen LogP contribution in [-0.2, 0) is 16.0 Å². The van der Waals surface area contributed by atoms with Crippen molar-refractivity contribution in [3.63, 3.8) is 0 Å². The lowest BCUT2D eigenvalue weighted by atomic mass is 10.1. The molecular formula is C17H20ClN3O2S2. The van der Waals surface area contributed by atoms with Gasteiger partial charge in [-0.15, -0.1) is 11.3 Å². The minimum Gasteiger partial charge on any atom is -0.369 e. The third kappa shape index (κ3) is 5.45. The molecule has 2 aromatic rings. The highest BCUT2D eigenvalue weighted by Crippen LogP contribution is 2.34. The molecular weight excluding hydrogens is 378 g/mol. The van der Waals surface area contributed by atoms with Crippen molar-refractivity contribution in [3.8, 4) is 0 Å². The lowest BCUT2D eigenvalue weighted by Crippen LogP contribution is -2.29. The standard InChI is InChI=1S/C17H20ClN3O2S2/c1-9(2)15(16(23)21-12-7-5-4-6-11(12)18)25-17-20-10(3)13(24-17)8-14(19)22/h4-7,9,15H,8H2,1-3H3,(H2,19,22)(H,21,23)/t15-/m1/s1. The summed E-state index contributed by atoms with van der Waals surface area (Å²) >= 11 is 8.91. The van der Waals surface area contributed by atoms with Crippen LogP contribution in [0, 0.1) is 12.8 Å². The number of aromatic nitrogens is 1. The molecule has 0 bridgehead atoms. The molecule has 134 valence electrons. The van der Waals surface area contributed by atoms with E-state index in [0.717, 1.165) is 14.9 Å². The van der Waals surface area contributed by atoms with Gasteiger partial charge in [0.05, 0.1) is 28.1 Å². The number of thioether (sulfide) groups is 1. The summed E-state index contributed by atoms with van der Waals surface area (Å²) in [6, 6.07) is 7.13. The average Bonchev–Trinajstić information content (AvgIpc) is 2.86. The van der Waals surface area contributed by atoms with Gasteiger partial charge in [0, 0.05) is 4.88 Å². The molecule has 0 fully saturated rings. The highest BCUT2D eigenvalue weighted by molar-refractivity contribution is 8.02. The predicted octanol–water partition coefficient (Wildman–Crippen LogP) is 3.89. The van der Waals surface area contributed by atoms with E-state index in [1.807, 2.05) is 32.9 Å². The molecule has 1 aromatic heterocycles. The van der Waals surface area contributed by atoms with Gasteiger partial charge in [-0.1, -0.05) is 49.3 Å². The van der Waals surface area contributed by atoms with Crippen molar-refractivity contribution in [3.05, 3.63) is 39.9 Å². The zero-order chi connectivity index (χ0) is 18.6. The fourth-order valence-corrected chi connectivity index (χ4v) is 4.78. The molecule has 25 heavy (non-hydrogen) atoms. The molecule has 5 nitrogen and oxygen atoms in total. The number of amides is 2. The monoisotopic (exact) mass is 397 g/mol. The van der Waals surface area contributed by atoms with E-state index < -0.39 is 0 Å². The van der Waals surface area contributed by atoms with E-state index in [0.29, 0.717) is 10.7 Å². The Balaban J connectivity index is 2.14. The SMILES string of the molecule is Cc1nc(S[C@@H](C(=O)Nc2ccccc2Cl)C(C)C)sc1CC(N)=O. The molecule has 2 rings (SSSR count). The van der Waals surface area contributed by atoms with Crippen LogP contribution < -0.4 is 11.1 Å². The number of hydrogen-bond donors (Lipinski definition) is 2. The van der Waals surface area contributed by atoms with Crippen molar-refractivity contribution in [2.75, 3.05) is 5.32 Å². The first kappa shape index (κ1) is 19.8. The molecule has 0 aliphatic rings. The van der Waals surface area contributed by atoms with E-state index in [-0.39, 0.29) is 29.4 Å². The van der Waals surface area contributed by atoms with E-state index in [1.165, 1.54) is 23.1 Å². The number of thiazole rings is 1. The van der Waals surface area contributed by atoms with Crippen LogP contribution in [0.15, 0.2) is 28.6 Å². The van der Waals surface area contributed by atoms with Gasteiger partial charge in [-0.05, 0) is 25.0 Å². The summed E-state index contributed by atoms with van der Waals surface area (Å²) in [7, 11) is 0. The number of benzene rings is 1. The Bertz CT molecular complexity index is 777. The first-order chi connectivity index (χ1) is 11.8. The molecule has 8 heteroatoms. The van der Waals surface area contributed by atoms with Gasteiger partial charge in [0.25, 0.3) is 0 Å². The molecule has 0 spiro atoms. The Morgan fingerprint density at radius 1 is 1.36 bits per heavy atom. The van der Waals surface area contributed by atoms with Crippen LogP contribution in [0.25, 0.3) is 0 Å². The highest BCUT2D eigenvalue weighted by Gasteiger charge is 2.26. The predicted molar refractivity (Wildman–Crippen MR) is 104 cm³/mol. The Labute approximate surface area is 160 Å². The zero-order valence-electron chi connectivity index (χ0n) is 14.2. The largest absolute Gasteiger partial charge is 0.369 e. The fourth-order valence-electron chi connectivity index (χ4n) is 2.14. The van der Waals surface area contributed by atoms with Crippen LogP contribution in [0.3, 0.4) is 0 Å². The molecule has 0 saturated heterocycles.